The van der Waals surface area contributed by atoms with Crippen molar-refractivity contribution < 1.29 is 14.3 Å². The molecule has 0 bridgehead atoms. The van der Waals surface area contributed by atoms with Crippen LogP contribution in [-0.2, 0) is 11.3 Å². The van der Waals surface area contributed by atoms with E-state index in [9.17, 15) is 19.1 Å². The average molecular weight is 533 g/mol. The van der Waals surface area contributed by atoms with Crippen molar-refractivity contribution in [1.82, 2.24) is 9.47 Å². The fourth-order valence-electron chi connectivity index (χ4n) is 5.51. The van der Waals surface area contributed by atoms with Crippen LogP contribution in [0, 0.1) is 17.7 Å². The minimum absolute atomic E-state index is 0.0128. The molecule has 2 aromatic rings. The van der Waals surface area contributed by atoms with Gasteiger partial charge in [0.2, 0.25) is 5.91 Å². The normalized spacial score (nSPS) is 19.7. The molecule has 0 radical (unpaired) electrons. The lowest BCUT2D eigenvalue weighted by molar-refractivity contribution is -0.140. The molecule has 34 heavy (non-hydrogen) atoms. The maximum atomic E-state index is 14.2. The first-order valence-electron chi connectivity index (χ1n) is 12.4. The summed E-state index contributed by atoms with van der Waals surface area (Å²) < 4.78 is 16.3. The van der Waals surface area contributed by atoms with Crippen LogP contribution in [0.25, 0.3) is 11.1 Å². The second-order valence-corrected chi connectivity index (χ2v) is 11.0. The molecule has 1 aliphatic carbocycles. The second kappa shape index (κ2) is 10.7. The number of hydrogen-bond acceptors (Lipinski definition) is 3. The molecule has 5 nitrogen and oxygen atoms in total. The third-order valence-electron chi connectivity index (χ3n) is 7.55. The van der Waals surface area contributed by atoms with Crippen molar-refractivity contribution in [2.24, 2.45) is 11.8 Å². The maximum absolute atomic E-state index is 14.2. The summed E-state index contributed by atoms with van der Waals surface area (Å²) in [7, 11) is 0. The van der Waals surface area contributed by atoms with E-state index in [4.69, 9.17) is 0 Å². The van der Waals surface area contributed by atoms with E-state index in [1.165, 1.54) is 48.8 Å². The summed E-state index contributed by atoms with van der Waals surface area (Å²) in [5.74, 6) is 0.460. The summed E-state index contributed by atoms with van der Waals surface area (Å²) in [6.45, 7) is 3.16. The third-order valence-corrected chi connectivity index (χ3v) is 8.18. The van der Waals surface area contributed by atoms with Gasteiger partial charge in [0.15, 0.2) is 0 Å². The number of nitrogens with zero attached hydrogens (tertiary/aromatic N) is 2. The van der Waals surface area contributed by atoms with Crippen LogP contribution < -0.4 is 5.56 Å². The van der Waals surface area contributed by atoms with Crippen LogP contribution >= 0.6 is 15.9 Å². The Morgan fingerprint density at radius 2 is 1.85 bits per heavy atom. The number of piperidine rings is 1. The predicted molar refractivity (Wildman–Crippen MR) is 135 cm³/mol. The van der Waals surface area contributed by atoms with Gasteiger partial charge in [-0.25, -0.2) is 4.39 Å². The van der Waals surface area contributed by atoms with Gasteiger partial charge >= 0.3 is 0 Å². The first kappa shape index (κ1) is 25.1. The van der Waals surface area contributed by atoms with E-state index < -0.39 is 11.4 Å². The molecule has 1 aromatic carbocycles. The molecule has 1 atom stereocenters. The monoisotopic (exact) mass is 532 g/mol. The van der Waals surface area contributed by atoms with Gasteiger partial charge in [0.05, 0.1) is 12.1 Å². The molecule has 1 N–H and O–H groups in total. The number of likely N-dealkylation sites (tertiary alicyclic amines) is 1. The molecule has 1 saturated carbocycles. The van der Waals surface area contributed by atoms with Crippen molar-refractivity contribution in [2.45, 2.75) is 70.4 Å². The Balaban J connectivity index is 1.38. The van der Waals surface area contributed by atoms with Gasteiger partial charge in [0, 0.05) is 46.9 Å². The third kappa shape index (κ3) is 5.80. The first-order chi connectivity index (χ1) is 16.3. The fraction of sp³-hybridized carbons (Fsp3) is 0.556. The van der Waals surface area contributed by atoms with E-state index in [1.807, 2.05) is 11.8 Å². The summed E-state index contributed by atoms with van der Waals surface area (Å²) in [6.07, 6.45) is 9.76. The lowest BCUT2D eigenvalue weighted by atomic mass is 9.82. The summed E-state index contributed by atoms with van der Waals surface area (Å²) in [6, 6.07) is 7.73. The van der Waals surface area contributed by atoms with E-state index in [0.717, 1.165) is 6.42 Å². The van der Waals surface area contributed by atoms with Crippen molar-refractivity contribution in [2.75, 3.05) is 13.1 Å². The lowest BCUT2D eigenvalue weighted by Gasteiger charge is -2.39. The molecule has 1 amide bonds. The maximum Gasteiger partial charge on any atom is 0.251 e. The Morgan fingerprint density at radius 3 is 2.53 bits per heavy atom. The number of halogens is 2. The van der Waals surface area contributed by atoms with Gasteiger partial charge in [-0.2, -0.15) is 0 Å². The molecule has 1 saturated heterocycles. The van der Waals surface area contributed by atoms with Gasteiger partial charge in [0.1, 0.15) is 5.82 Å². The zero-order chi connectivity index (χ0) is 24.3. The summed E-state index contributed by atoms with van der Waals surface area (Å²) in [4.78, 5) is 27.7. The zero-order valence-corrected chi connectivity index (χ0v) is 21.4. The van der Waals surface area contributed by atoms with Gasteiger partial charge in [0.25, 0.3) is 5.56 Å². The Labute approximate surface area is 209 Å². The van der Waals surface area contributed by atoms with E-state index >= 15 is 0 Å². The number of benzene rings is 1. The number of aromatic nitrogens is 1. The van der Waals surface area contributed by atoms with E-state index in [1.54, 1.807) is 24.4 Å². The van der Waals surface area contributed by atoms with Gasteiger partial charge in [-0.3, -0.25) is 9.59 Å². The van der Waals surface area contributed by atoms with Gasteiger partial charge in [-0.1, -0.05) is 57.2 Å². The van der Waals surface area contributed by atoms with Crippen molar-refractivity contribution in [3.8, 4) is 11.1 Å². The molecule has 7 heteroatoms. The van der Waals surface area contributed by atoms with Crippen LogP contribution in [-0.4, -0.2) is 39.2 Å². The molecule has 2 aliphatic rings. The SMILES string of the molecule is CC(CC1CCCCC1)C(=O)N1CCC(O)(Cn2cc(Br)c(-c3ccccc3F)cc2=O)CC1. The highest BCUT2D eigenvalue weighted by molar-refractivity contribution is 9.10. The van der Waals surface area contributed by atoms with Gasteiger partial charge in [-0.15, -0.1) is 0 Å². The highest BCUT2D eigenvalue weighted by Crippen LogP contribution is 2.32. The average Bonchev–Trinajstić information content (AvgIpc) is 2.82. The molecule has 1 aliphatic heterocycles. The summed E-state index contributed by atoms with van der Waals surface area (Å²) >= 11 is 3.46. The minimum atomic E-state index is -1.06. The molecule has 2 fully saturated rings. The Hall–Kier alpha value is -1.99. The number of hydrogen-bond donors (Lipinski definition) is 1. The fourth-order valence-corrected chi connectivity index (χ4v) is 6.08. The van der Waals surface area contributed by atoms with Crippen molar-refractivity contribution in [3.05, 3.63) is 57.2 Å². The smallest absolute Gasteiger partial charge is 0.251 e. The van der Waals surface area contributed by atoms with Crippen LogP contribution in [0.1, 0.15) is 58.3 Å². The Kier molecular flexibility index (Phi) is 7.93. The van der Waals surface area contributed by atoms with Crippen LogP contribution in [0.4, 0.5) is 4.39 Å². The van der Waals surface area contributed by atoms with Gasteiger partial charge in [-0.05, 0) is 47.2 Å². The second-order valence-electron chi connectivity index (χ2n) is 10.2. The van der Waals surface area contributed by atoms with Crippen LogP contribution in [0.3, 0.4) is 0 Å². The van der Waals surface area contributed by atoms with Gasteiger partial charge < -0.3 is 14.6 Å². The number of rotatable bonds is 6. The van der Waals surface area contributed by atoms with Crippen molar-refractivity contribution in [3.63, 3.8) is 0 Å². The number of amides is 1. The van der Waals surface area contributed by atoms with Crippen molar-refractivity contribution in [1.29, 1.82) is 0 Å². The number of carbonyl (C=O) groups is 1. The van der Waals surface area contributed by atoms with E-state index in [0.29, 0.717) is 47.4 Å². The molecule has 1 aromatic heterocycles. The minimum Gasteiger partial charge on any atom is -0.388 e. The largest absolute Gasteiger partial charge is 0.388 e. The summed E-state index contributed by atoms with van der Waals surface area (Å²) in [5, 5.41) is 11.2. The first-order valence-corrected chi connectivity index (χ1v) is 13.2. The quantitative estimate of drug-likeness (QED) is 0.543. The molecule has 0 spiro atoms. The zero-order valence-electron chi connectivity index (χ0n) is 19.8. The molecular formula is C27H34BrFN2O3. The number of carbonyl (C=O) groups excluding carboxylic acids is 1. The lowest BCUT2D eigenvalue weighted by Crippen LogP contribution is -2.50. The van der Waals surface area contributed by atoms with Crippen LogP contribution in [0.5, 0.6) is 0 Å². The van der Waals surface area contributed by atoms with Crippen LogP contribution in [0.2, 0.25) is 0 Å². The standard InChI is InChI=1S/C27H34BrFN2O3/c1-19(15-20-7-3-2-4-8-20)26(33)30-13-11-27(34,12-14-30)18-31-17-23(28)22(16-25(31)32)21-9-5-6-10-24(21)29/h5-6,9-10,16-17,19-20,34H,2-4,7-8,11-15,18H2,1H3. The predicted octanol–water partition coefficient (Wildman–Crippen LogP) is 5.38. The van der Waals surface area contributed by atoms with Crippen molar-refractivity contribution >= 4 is 21.8 Å². The number of aliphatic hydroxyl groups is 1. The molecule has 2 heterocycles. The molecule has 184 valence electrons. The number of pyridine rings is 1. The van der Waals surface area contributed by atoms with E-state index in [2.05, 4.69) is 15.9 Å². The summed E-state index contributed by atoms with van der Waals surface area (Å²) in [5.41, 5.74) is -0.522. The van der Waals surface area contributed by atoms with Crippen LogP contribution in [0.15, 0.2) is 45.8 Å². The Bertz CT molecular complexity index is 1070. The highest BCUT2D eigenvalue weighted by atomic mass is 79.9. The topological polar surface area (TPSA) is 62.5 Å². The molecular weight excluding hydrogens is 499 g/mol. The highest BCUT2D eigenvalue weighted by Gasteiger charge is 2.36. The Morgan fingerprint density at radius 1 is 1.18 bits per heavy atom. The molecule has 1 unspecified atom stereocenters. The van der Waals surface area contributed by atoms with E-state index in [-0.39, 0.29) is 23.9 Å². The molecule has 4 rings (SSSR count).